The number of alkyl halides is 2. The summed E-state index contributed by atoms with van der Waals surface area (Å²) in [5, 5.41) is 8.51. The van der Waals surface area contributed by atoms with Crippen LogP contribution in [-0.2, 0) is 4.79 Å². The largest absolute Gasteiger partial charge is 0.478 e. The molecule has 0 unspecified atom stereocenters. The van der Waals surface area contributed by atoms with Gasteiger partial charge in [-0.25, -0.2) is 4.79 Å². The Labute approximate surface area is 100 Å². The third kappa shape index (κ3) is 2.68. The number of carboxylic acid groups (broad SMARTS) is 1. The summed E-state index contributed by atoms with van der Waals surface area (Å²) in [4.78, 5) is 10.4. The number of hydrogen-bond donors (Lipinski definition) is 1. The number of fused-ring (bicyclic) bond motifs is 1. The van der Waals surface area contributed by atoms with Crippen molar-refractivity contribution in [3.05, 3.63) is 23.8 Å². The summed E-state index contributed by atoms with van der Waals surface area (Å²) in [6, 6.07) is 2.61. The fourth-order valence-corrected chi connectivity index (χ4v) is 1.43. The van der Waals surface area contributed by atoms with Gasteiger partial charge in [0.25, 0.3) is 0 Å². The molecule has 0 bridgehead atoms. The lowest BCUT2D eigenvalue weighted by molar-refractivity contribution is -0.131. The summed E-state index contributed by atoms with van der Waals surface area (Å²) in [5.74, 6) is -0.748. The van der Waals surface area contributed by atoms with Gasteiger partial charge in [0, 0.05) is 17.7 Å². The molecule has 0 saturated carbocycles. The predicted octanol–water partition coefficient (Wildman–Crippen LogP) is 2.11. The Morgan fingerprint density at radius 3 is 2.67 bits per heavy atom. The molecule has 5 nitrogen and oxygen atoms in total. The smallest absolute Gasteiger partial charge is 0.387 e. The van der Waals surface area contributed by atoms with Crippen LogP contribution in [-0.4, -0.2) is 24.5 Å². The summed E-state index contributed by atoms with van der Waals surface area (Å²) in [6.45, 7) is -3.03. The van der Waals surface area contributed by atoms with Crippen molar-refractivity contribution >= 4 is 12.0 Å². The van der Waals surface area contributed by atoms with E-state index in [1.807, 2.05) is 0 Å². The molecule has 7 heteroatoms. The van der Waals surface area contributed by atoms with Gasteiger partial charge >= 0.3 is 12.6 Å². The van der Waals surface area contributed by atoms with Crippen molar-refractivity contribution in [2.24, 2.45) is 0 Å². The second-order valence-electron chi connectivity index (χ2n) is 3.29. The van der Waals surface area contributed by atoms with Gasteiger partial charge in [0.1, 0.15) is 5.75 Å². The van der Waals surface area contributed by atoms with Gasteiger partial charge in [-0.3, -0.25) is 0 Å². The molecular weight excluding hydrogens is 250 g/mol. The average molecular weight is 258 g/mol. The standard InChI is InChI=1S/C11H8F2O5/c12-11(13)18-7-4-9-8(16-5-17-9)3-6(7)1-2-10(14)15/h1-4,11H,5H2,(H,14,15)/b2-1+. The average Bonchev–Trinajstić information content (AvgIpc) is 2.71. The number of rotatable bonds is 4. The Kier molecular flexibility index (Phi) is 3.31. The minimum Gasteiger partial charge on any atom is -0.478 e. The van der Waals surface area contributed by atoms with Crippen LogP contribution in [0.5, 0.6) is 17.2 Å². The van der Waals surface area contributed by atoms with Gasteiger partial charge in [0.2, 0.25) is 6.79 Å². The minimum absolute atomic E-state index is 0.0183. The maximum atomic E-state index is 12.2. The molecule has 0 radical (unpaired) electrons. The maximum absolute atomic E-state index is 12.2. The molecule has 1 N–H and O–H groups in total. The van der Waals surface area contributed by atoms with Crippen LogP contribution >= 0.6 is 0 Å². The van der Waals surface area contributed by atoms with Crippen molar-refractivity contribution < 1.29 is 32.9 Å². The van der Waals surface area contributed by atoms with Gasteiger partial charge in [-0.1, -0.05) is 0 Å². The van der Waals surface area contributed by atoms with Crippen LogP contribution in [0.3, 0.4) is 0 Å². The van der Waals surface area contributed by atoms with E-state index >= 15 is 0 Å². The third-order valence-corrected chi connectivity index (χ3v) is 2.13. The normalized spacial score (nSPS) is 13.3. The van der Waals surface area contributed by atoms with Crippen molar-refractivity contribution in [1.29, 1.82) is 0 Å². The van der Waals surface area contributed by atoms with Crippen LogP contribution in [0, 0.1) is 0 Å². The molecule has 0 amide bonds. The monoisotopic (exact) mass is 258 g/mol. The molecule has 0 atom stereocenters. The molecule has 96 valence electrons. The van der Waals surface area contributed by atoms with Crippen molar-refractivity contribution in [2.45, 2.75) is 6.61 Å². The van der Waals surface area contributed by atoms with Crippen LogP contribution in [0.4, 0.5) is 8.78 Å². The van der Waals surface area contributed by atoms with Crippen molar-refractivity contribution in [3.63, 3.8) is 0 Å². The molecule has 1 aromatic rings. The first-order valence-corrected chi connectivity index (χ1v) is 4.85. The van der Waals surface area contributed by atoms with Gasteiger partial charge in [0.05, 0.1) is 0 Å². The maximum Gasteiger partial charge on any atom is 0.387 e. The summed E-state index contributed by atoms with van der Waals surface area (Å²) in [6.07, 6.45) is 1.96. The number of halogens is 2. The van der Waals surface area contributed by atoms with Gasteiger partial charge in [-0.05, 0) is 12.1 Å². The van der Waals surface area contributed by atoms with Crippen molar-refractivity contribution in [1.82, 2.24) is 0 Å². The van der Waals surface area contributed by atoms with Crippen LogP contribution in [0.25, 0.3) is 6.08 Å². The summed E-state index contributed by atoms with van der Waals surface area (Å²) in [7, 11) is 0. The minimum atomic E-state index is -3.01. The number of benzene rings is 1. The fraction of sp³-hybridized carbons (Fsp3) is 0.182. The van der Waals surface area contributed by atoms with Gasteiger partial charge in [-0.2, -0.15) is 8.78 Å². The summed E-state index contributed by atoms with van der Waals surface area (Å²) < 4.78 is 38.8. The summed E-state index contributed by atoms with van der Waals surface area (Å²) >= 11 is 0. The Bertz CT molecular complexity index is 498. The van der Waals surface area contributed by atoms with Crippen molar-refractivity contribution in [3.8, 4) is 17.2 Å². The van der Waals surface area contributed by atoms with Crippen LogP contribution < -0.4 is 14.2 Å². The lowest BCUT2D eigenvalue weighted by Crippen LogP contribution is -2.03. The molecule has 0 spiro atoms. The quantitative estimate of drug-likeness (QED) is 0.838. The van der Waals surface area contributed by atoms with E-state index in [4.69, 9.17) is 14.6 Å². The van der Waals surface area contributed by atoms with E-state index < -0.39 is 12.6 Å². The highest BCUT2D eigenvalue weighted by atomic mass is 19.3. The summed E-state index contributed by atoms with van der Waals surface area (Å²) in [5.41, 5.74) is 0.168. The number of aliphatic carboxylic acids is 1. The first-order chi connectivity index (χ1) is 8.56. The second-order valence-corrected chi connectivity index (χ2v) is 3.29. The number of hydrogen-bond acceptors (Lipinski definition) is 4. The molecule has 1 heterocycles. The van der Waals surface area contributed by atoms with Gasteiger partial charge in [0.15, 0.2) is 11.5 Å². The highest BCUT2D eigenvalue weighted by Crippen LogP contribution is 2.39. The SMILES string of the molecule is O=C(O)/C=C/c1cc2c(cc1OC(F)F)OCO2. The first-order valence-electron chi connectivity index (χ1n) is 4.85. The Hall–Kier alpha value is -2.31. The molecule has 2 rings (SSSR count). The van der Waals surface area contributed by atoms with E-state index in [1.54, 1.807) is 0 Å². The van der Waals surface area contributed by atoms with E-state index in [2.05, 4.69) is 4.74 Å². The molecule has 0 aliphatic carbocycles. The Balaban J connectivity index is 2.38. The van der Waals surface area contributed by atoms with E-state index in [0.29, 0.717) is 5.75 Å². The molecule has 0 saturated heterocycles. The zero-order valence-corrected chi connectivity index (χ0v) is 8.93. The molecule has 1 aliphatic rings. The highest BCUT2D eigenvalue weighted by Gasteiger charge is 2.19. The molecule has 1 aromatic carbocycles. The third-order valence-electron chi connectivity index (χ3n) is 2.13. The molecule has 0 aromatic heterocycles. The zero-order valence-electron chi connectivity index (χ0n) is 8.93. The van der Waals surface area contributed by atoms with E-state index in [9.17, 15) is 13.6 Å². The molecule has 1 aliphatic heterocycles. The second kappa shape index (κ2) is 4.91. The Morgan fingerprint density at radius 2 is 2.06 bits per heavy atom. The lowest BCUT2D eigenvalue weighted by atomic mass is 10.1. The topological polar surface area (TPSA) is 65.0 Å². The highest BCUT2D eigenvalue weighted by molar-refractivity contribution is 5.86. The molecular formula is C11H8F2O5. The van der Waals surface area contributed by atoms with Crippen LogP contribution in [0.15, 0.2) is 18.2 Å². The fourth-order valence-electron chi connectivity index (χ4n) is 1.43. The lowest BCUT2D eigenvalue weighted by Gasteiger charge is -2.09. The van der Waals surface area contributed by atoms with E-state index in [1.165, 1.54) is 12.1 Å². The van der Waals surface area contributed by atoms with Gasteiger partial charge in [-0.15, -0.1) is 0 Å². The Morgan fingerprint density at radius 1 is 1.39 bits per heavy atom. The van der Waals surface area contributed by atoms with Crippen LogP contribution in [0.1, 0.15) is 5.56 Å². The number of ether oxygens (including phenoxy) is 3. The van der Waals surface area contributed by atoms with Crippen LogP contribution in [0.2, 0.25) is 0 Å². The number of carboxylic acids is 1. The van der Waals surface area contributed by atoms with E-state index in [-0.39, 0.29) is 23.9 Å². The molecule has 0 fully saturated rings. The zero-order chi connectivity index (χ0) is 13.1. The van der Waals surface area contributed by atoms with Gasteiger partial charge < -0.3 is 19.3 Å². The van der Waals surface area contributed by atoms with E-state index in [0.717, 1.165) is 12.2 Å². The first kappa shape index (κ1) is 12.2. The van der Waals surface area contributed by atoms with Crippen molar-refractivity contribution in [2.75, 3.05) is 6.79 Å². The number of carbonyl (C=O) groups is 1. The predicted molar refractivity (Wildman–Crippen MR) is 55.9 cm³/mol. The molecule has 18 heavy (non-hydrogen) atoms.